The summed E-state index contributed by atoms with van der Waals surface area (Å²) in [7, 11) is 0. The van der Waals surface area contributed by atoms with E-state index in [9.17, 15) is 13.2 Å². The molecule has 1 N–H and O–H groups in total. The Morgan fingerprint density at radius 3 is 2.10 bits per heavy atom. The number of aromatic nitrogens is 2. The van der Waals surface area contributed by atoms with Crippen molar-refractivity contribution in [3.8, 4) is 11.3 Å². The Bertz CT molecular complexity index is 633. The number of anilines is 1. The van der Waals surface area contributed by atoms with Crippen LogP contribution in [0.15, 0.2) is 12.1 Å². The number of hydrogen-bond acceptors (Lipinski definition) is 3. The third-order valence-electron chi connectivity index (χ3n) is 2.91. The molecule has 3 nitrogen and oxygen atoms in total. The van der Waals surface area contributed by atoms with Gasteiger partial charge in [0.05, 0.1) is 11.4 Å². The first-order valence-electron chi connectivity index (χ1n) is 6.18. The van der Waals surface area contributed by atoms with Crippen LogP contribution in [-0.2, 0) is 0 Å². The minimum absolute atomic E-state index is 0.146. The molecule has 0 atom stereocenters. The van der Waals surface area contributed by atoms with Crippen LogP contribution in [-0.4, -0.2) is 16.5 Å². The van der Waals surface area contributed by atoms with Gasteiger partial charge in [0, 0.05) is 12.1 Å². The first kappa shape index (κ1) is 14.3. The number of halogens is 3. The third kappa shape index (κ3) is 2.59. The summed E-state index contributed by atoms with van der Waals surface area (Å²) < 4.78 is 39.7. The zero-order valence-corrected chi connectivity index (χ0v) is 11.4. The molecule has 0 spiro atoms. The van der Waals surface area contributed by atoms with Crippen LogP contribution < -0.4 is 5.32 Å². The average Bonchev–Trinajstić information content (AvgIpc) is 2.39. The average molecular weight is 281 g/mol. The second-order valence-electron chi connectivity index (χ2n) is 4.38. The molecule has 0 saturated carbocycles. The molecule has 0 aliphatic carbocycles. The lowest BCUT2D eigenvalue weighted by molar-refractivity contribution is 0.447. The maximum Gasteiger partial charge on any atom is 0.194 e. The third-order valence-corrected chi connectivity index (χ3v) is 2.91. The first-order valence-corrected chi connectivity index (χ1v) is 6.18. The number of rotatable bonds is 3. The molecule has 1 aromatic carbocycles. The van der Waals surface area contributed by atoms with Crippen LogP contribution in [0.25, 0.3) is 11.3 Å². The van der Waals surface area contributed by atoms with E-state index in [-0.39, 0.29) is 5.56 Å². The van der Waals surface area contributed by atoms with E-state index in [4.69, 9.17) is 0 Å². The van der Waals surface area contributed by atoms with Crippen molar-refractivity contribution in [1.29, 1.82) is 0 Å². The molecular formula is C14H14F3N3. The molecule has 6 heteroatoms. The lowest BCUT2D eigenvalue weighted by atomic mass is 10.1. The molecule has 0 saturated heterocycles. The van der Waals surface area contributed by atoms with Crippen LogP contribution in [0.1, 0.15) is 18.3 Å². The van der Waals surface area contributed by atoms with Crippen molar-refractivity contribution >= 4 is 5.82 Å². The summed E-state index contributed by atoms with van der Waals surface area (Å²) in [5.74, 6) is -3.57. The van der Waals surface area contributed by atoms with Crippen molar-refractivity contribution in [2.75, 3.05) is 11.9 Å². The fourth-order valence-corrected chi connectivity index (χ4v) is 1.79. The Kier molecular flexibility index (Phi) is 3.92. The molecule has 1 heterocycles. The van der Waals surface area contributed by atoms with Gasteiger partial charge in [0.2, 0.25) is 0 Å². The largest absolute Gasteiger partial charge is 0.369 e. The lowest BCUT2D eigenvalue weighted by Crippen LogP contribution is -2.06. The minimum Gasteiger partial charge on any atom is -0.369 e. The van der Waals surface area contributed by atoms with Crippen LogP contribution in [0.5, 0.6) is 0 Å². The summed E-state index contributed by atoms with van der Waals surface area (Å²) in [5.41, 5.74) is 1.81. The van der Waals surface area contributed by atoms with E-state index in [2.05, 4.69) is 15.3 Å². The van der Waals surface area contributed by atoms with Gasteiger partial charge in [-0.15, -0.1) is 0 Å². The van der Waals surface area contributed by atoms with Crippen LogP contribution in [0.4, 0.5) is 19.0 Å². The van der Waals surface area contributed by atoms with Gasteiger partial charge >= 0.3 is 0 Å². The summed E-state index contributed by atoms with van der Waals surface area (Å²) in [6, 6.07) is 1.83. The second kappa shape index (κ2) is 5.48. The molecule has 1 aromatic heterocycles. The van der Waals surface area contributed by atoms with E-state index < -0.39 is 17.5 Å². The van der Waals surface area contributed by atoms with Crippen LogP contribution in [0.2, 0.25) is 0 Å². The number of nitrogens with zero attached hydrogens (tertiary/aromatic N) is 2. The molecule has 2 rings (SSSR count). The normalized spacial score (nSPS) is 10.7. The quantitative estimate of drug-likeness (QED) is 0.873. The Hall–Kier alpha value is -2.11. The van der Waals surface area contributed by atoms with Gasteiger partial charge in [0.1, 0.15) is 5.69 Å². The SMILES string of the molecule is CCNc1nc(C)c(C)nc1-c1cc(F)c(F)c(F)c1. The molecule has 106 valence electrons. The van der Waals surface area contributed by atoms with Gasteiger partial charge in [-0.3, -0.25) is 0 Å². The highest BCUT2D eigenvalue weighted by Crippen LogP contribution is 2.28. The van der Waals surface area contributed by atoms with Gasteiger partial charge in [-0.25, -0.2) is 23.1 Å². The zero-order chi connectivity index (χ0) is 14.9. The van der Waals surface area contributed by atoms with Gasteiger partial charge < -0.3 is 5.32 Å². The molecule has 0 aliphatic rings. The van der Waals surface area contributed by atoms with Gasteiger partial charge in [-0.05, 0) is 32.9 Å². The monoisotopic (exact) mass is 281 g/mol. The fraction of sp³-hybridized carbons (Fsp3) is 0.286. The predicted molar refractivity (Wildman–Crippen MR) is 71.0 cm³/mol. The number of hydrogen-bond donors (Lipinski definition) is 1. The van der Waals surface area contributed by atoms with Crippen LogP contribution in [0.3, 0.4) is 0 Å². The maximum atomic E-state index is 13.3. The molecule has 20 heavy (non-hydrogen) atoms. The predicted octanol–water partition coefficient (Wildman–Crippen LogP) is 3.61. The number of aryl methyl sites for hydroxylation is 2. The van der Waals surface area contributed by atoms with Crippen molar-refractivity contribution in [3.63, 3.8) is 0 Å². The summed E-state index contributed by atoms with van der Waals surface area (Å²) in [6.07, 6.45) is 0. The van der Waals surface area contributed by atoms with Gasteiger partial charge in [0.25, 0.3) is 0 Å². The molecule has 0 amide bonds. The summed E-state index contributed by atoms with van der Waals surface area (Å²) in [4.78, 5) is 8.60. The smallest absolute Gasteiger partial charge is 0.194 e. The lowest BCUT2D eigenvalue weighted by Gasteiger charge is -2.12. The van der Waals surface area contributed by atoms with E-state index >= 15 is 0 Å². The van der Waals surface area contributed by atoms with Crippen molar-refractivity contribution < 1.29 is 13.2 Å². The Balaban J connectivity index is 2.65. The van der Waals surface area contributed by atoms with Crippen LogP contribution >= 0.6 is 0 Å². The zero-order valence-electron chi connectivity index (χ0n) is 11.4. The van der Waals surface area contributed by atoms with E-state index in [0.717, 1.165) is 12.1 Å². The number of benzene rings is 1. The standard InChI is InChI=1S/C14H14F3N3/c1-4-18-14-13(19-7(2)8(3)20-14)9-5-10(15)12(17)11(16)6-9/h5-6H,4H2,1-3H3,(H,18,20). The summed E-state index contributed by atoms with van der Waals surface area (Å²) >= 11 is 0. The Morgan fingerprint density at radius 1 is 1.00 bits per heavy atom. The van der Waals surface area contributed by atoms with Crippen molar-refractivity contribution in [3.05, 3.63) is 41.0 Å². The fourth-order valence-electron chi connectivity index (χ4n) is 1.79. The van der Waals surface area contributed by atoms with Crippen molar-refractivity contribution in [2.45, 2.75) is 20.8 Å². The maximum absolute atomic E-state index is 13.3. The molecule has 0 unspecified atom stereocenters. The summed E-state index contributed by atoms with van der Waals surface area (Å²) in [6.45, 7) is 5.99. The molecule has 0 fully saturated rings. The number of nitrogens with one attached hydrogen (secondary N) is 1. The molecule has 0 aliphatic heterocycles. The van der Waals surface area contributed by atoms with E-state index in [1.807, 2.05) is 6.92 Å². The molecule has 2 aromatic rings. The highest BCUT2D eigenvalue weighted by atomic mass is 19.2. The van der Waals surface area contributed by atoms with E-state index in [1.165, 1.54) is 0 Å². The van der Waals surface area contributed by atoms with Crippen LogP contribution in [0, 0.1) is 31.3 Å². The second-order valence-corrected chi connectivity index (χ2v) is 4.38. The first-order chi connectivity index (χ1) is 9.43. The Morgan fingerprint density at radius 2 is 1.55 bits per heavy atom. The molecule has 0 radical (unpaired) electrons. The summed E-state index contributed by atoms with van der Waals surface area (Å²) in [5, 5.41) is 2.98. The topological polar surface area (TPSA) is 37.8 Å². The van der Waals surface area contributed by atoms with Crippen molar-refractivity contribution in [2.24, 2.45) is 0 Å². The molecular weight excluding hydrogens is 267 g/mol. The van der Waals surface area contributed by atoms with Gasteiger partial charge in [-0.2, -0.15) is 0 Å². The van der Waals surface area contributed by atoms with Gasteiger partial charge in [0.15, 0.2) is 23.3 Å². The Labute approximate surface area is 114 Å². The van der Waals surface area contributed by atoms with Gasteiger partial charge in [-0.1, -0.05) is 0 Å². The molecule has 0 bridgehead atoms. The van der Waals surface area contributed by atoms with Crippen molar-refractivity contribution in [1.82, 2.24) is 9.97 Å². The minimum atomic E-state index is -1.49. The highest BCUT2D eigenvalue weighted by Gasteiger charge is 2.16. The highest BCUT2D eigenvalue weighted by molar-refractivity contribution is 5.71. The van der Waals surface area contributed by atoms with E-state index in [0.29, 0.717) is 29.4 Å². The van der Waals surface area contributed by atoms with E-state index in [1.54, 1.807) is 13.8 Å².